The van der Waals surface area contributed by atoms with Crippen molar-refractivity contribution in [3.63, 3.8) is 0 Å². The molecule has 2 aromatic carbocycles. The normalized spacial score (nSPS) is 17.6. The van der Waals surface area contributed by atoms with Gasteiger partial charge in [0.25, 0.3) is 0 Å². The number of nitrogens with zero attached hydrogens (tertiary/aromatic N) is 3. The van der Waals surface area contributed by atoms with Crippen molar-refractivity contribution < 1.29 is 9.59 Å². The Balaban J connectivity index is 0.00000127. The van der Waals surface area contributed by atoms with Gasteiger partial charge in [-0.25, -0.2) is 14.5 Å². The Bertz CT molecular complexity index is 1080. The van der Waals surface area contributed by atoms with Gasteiger partial charge >= 0.3 is 12.1 Å². The van der Waals surface area contributed by atoms with Gasteiger partial charge in [0.15, 0.2) is 0 Å². The van der Waals surface area contributed by atoms with Gasteiger partial charge in [-0.05, 0) is 63.4 Å². The van der Waals surface area contributed by atoms with Gasteiger partial charge in [-0.2, -0.15) is 0 Å². The maximum Gasteiger partial charge on any atom is 0.330 e. The van der Waals surface area contributed by atoms with Crippen molar-refractivity contribution in [1.29, 1.82) is 0 Å². The van der Waals surface area contributed by atoms with E-state index in [0.29, 0.717) is 12.6 Å². The van der Waals surface area contributed by atoms with E-state index in [1.165, 1.54) is 16.2 Å². The third kappa shape index (κ3) is 8.09. The molecule has 2 aromatic rings. The summed E-state index contributed by atoms with van der Waals surface area (Å²) in [5.41, 5.74) is 5.33. The average Bonchev–Trinajstić information content (AvgIpc) is 2.97. The highest BCUT2D eigenvalue weighted by atomic mass is 16.2. The molecular formula is C32H49N5O2. The van der Waals surface area contributed by atoms with E-state index in [4.69, 9.17) is 0 Å². The van der Waals surface area contributed by atoms with Crippen molar-refractivity contribution in [2.24, 2.45) is 0 Å². The first kappa shape index (κ1) is 31.9. The number of nitrogens with one attached hydrogen (secondary N) is 2. The molecule has 7 heteroatoms. The minimum atomic E-state index is -0.409. The SMILES string of the molecule is CC.CC.CC1=C(C)[C@H](c2ccccc2)N(C(=O)NCCN(C)C2CCN(c3ccccc3C)CC2)C(=O)N1. The molecule has 2 N–H and O–H groups in total. The summed E-state index contributed by atoms with van der Waals surface area (Å²) in [5.74, 6) is 0. The highest BCUT2D eigenvalue weighted by Gasteiger charge is 2.36. The predicted octanol–water partition coefficient (Wildman–Crippen LogP) is 6.72. The number of anilines is 1. The van der Waals surface area contributed by atoms with E-state index in [1.54, 1.807) is 0 Å². The number of likely N-dealkylation sites (N-methyl/N-ethyl adjacent to an activating group) is 1. The van der Waals surface area contributed by atoms with Crippen LogP contribution in [0.25, 0.3) is 0 Å². The van der Waals surface area contributed by atoms with Gasteiger partial charge < -0.3 is 20.4 Å². The number of amides is 4. The third-order valence-corrected chi connectivity index (χ3v) is 7.39. The zero-order chi connectivity index (χ0) is 28.9. The zero-order valence-corrected chi connectivity index (χ0v) is 25.3. The van der Waals surface area contributed by atoms with Crippen LogP contribution in [0.2, 0.25) is 0 Å². The molecule has 0 saturated carbocycles. The van der Waals surface area contributed by atoms with Gasteiger partial charge in [-0.15, -0.1) is 0 Å². The minimum absolute atomic E-state index is 0.369. The number of imide groups is 1. The van der Waals surface area contributed by atoms with Crippen LogP contribution in [0.5, 0.6) is 0 Å². The second-order valence-corrected chi connectivity index (χ2v) is 9.64. The van der Waals surface area contributed by atoms with Crippen LogP contribution in [0.4, 0.5) is 15.3 Å². The van der Waals surface area contributed by atoms with Crippen molar-refractivity contribution in [3.8, 4) is 0 Å². The van der Waals surface area contributed by atoms with Crippen molar-refractivity contribution in [2.45, 2.75) is 73.4 Å². The second-order valence-electron chi connectivity index (χ2n) is 9.64. The molecule has 0 spiro atoms. The fourth-order valence-electron chi connectivity index (χ4n) is 5.15. The fraction of sp³-hybridized carbons (Fsp3) is 0.500. The lowest BCUT2D eigenvalue weighted by Gasteiger charge is -2.39. The molecule has 4 rings (SSSR count). The molecule has 2 aliphatic heterocycles. The predicted molar refractivity (Wildman–Crippen MR) is 163 cm³/mol. The van der Waals surface area contributed by atoms with Crippen LogP contribution in [0, 0.1) is 6.92 Å². The Labute approximate surface area is 236 Å². The summed E-state index contributed by atoms with van der Waals surface area (Å²) in [6, 6.07) is 17.6. The Morgan fingerprint density at radius 3 is 2.15 bits per heavy atom. The molecule has 7 nitrogen and oxygen atoms in total. The summed E-state index contributed by atoms with van der Waals surface area (Å²) in [6.07, 6.45) is 2.18. The molecule has 0 bridgehead atoms. The van der Waals surface area contributed by atoms with Crippen LogP contribution in [-0.4, -0.2) is 61.1 Å². The zero-order valence-electron chi connectivity index (χ0n) is 25.3. The Morgan fingerprint density at radius 1 is 0.949 bits per heavy atom. The van der Waals surface area contributed by atoms with Gasteiger partial charge in [-0.1, -0.05) is 76.2 Å². The van der Waals surface area contributed by atoms with Gasteiger partial charge in [0.05, 0.1) is 6.04 Å². The van der Waals surface area contributed by atoms with Crippen molar-refractivity contribution in [1.82, 2.24) is 20.4 Å². The molecule has 0 unspecified atom stereocenters. The van der Waals surface area contributed by atoms with E-state index >= 15 is 0 Å². The molecule has 4 amide bonds. The number of hydrogen-bond acceptors (Lipinski definition) is 4. The van der Waals surface area contributed by atoms with Crippen molar-refractivity contribution in [2.75, 3.05) is 38.1 Å². The van der Waals surface area contributed by atoms with Gasteiger partial charge in [-0.3, -0.25) is 0 Å². The molecule has 1 fully saturated rings. The highest BCUT2D eigenvalue weighted by Crippen LogP contribution is 2.33. The number of urea groups is 2. The largest absolute Gasteiger partial charge is 0.371 e. The summed E-state index contributed by atoms with van der Waals surface area (Å²) in [6.45, 7) is 17.3. The van der Waals surface area contributed by atoms with Crippen LogP contribution in [-0.2, 0) is 0 Å². The number of carbonyl (C=O) groups excluding carboxylic acids is 2. The second kappa shape index (κ2) is 15.9. The van der Waals surface area contributed by atoms with E-state index in [9.17, 15) is 9.59 Å². The lowest BCUT2D eigenvalue weighted by molar-refractivity contribution is 0.168. The molecule has 0 aromatic heterocycles. The number of benzene rings is 2. The summed E-state index contributed by atoms with van der Waals surface area (Å²) in [7, 11) is 2.12. The molecule has 0 radical (unpaired) electrons. The van der Waals surface area contributed by atoms with Crippen LogP contribution in [0.1, 0.15) is 71.6 Å². The van der Waals surface area contributed by atoms with Crippen molar-refractivity contribution in [3.05, 3.63) is 77.0 Å². The van der Waals surface area contributed by atoms with Gasteiger partial charge in [0.2, 0.25) is 0 Å². The molecule has 214 valence electrons. The van der Waals surface area contributed by atoms with Crippen LogP contribution in [0.15, 0.2) is 65.9 Å². The number of para-hydroxylation sites is 1. The maximum absolute atomic E-state index is 13.1. The number of hydrogen-bond donors (Lipinski definition) is 2. The smallest absolute Gasteiger partial charge is 0.330 e. The standard InChI is InChI=1S/C28H37N5O2.2C2H6/c1-20-10-8-9-13-25(20)32-17-14-24(15-18-32)31(4)19-16-29-27(34)33-26(23-11-6-5-7-12-23)21(2)22(3)30-28(33)35;2*1-2/h5-13,24,26H,14-19H2,1-4H3,(H,29,34)(H,30,35);2*1-2H3/t26-;;/m1../s1. The Morgan fingerprint density at radius 2 is 1.54 bits per heavy atom. The Hall–Kier alpha value is -3.32. The molecule has 39 heavy (non-hydrogen) atoms. The summed E-state index contributed by atoms with van der Waals surface area (Å²) in [5, 5.41) is 5.80. The summed E-state index contributed by atoms with van der Waals surface area (Å²) in [4.78, 5) is 32.0. The number of rotatable bonds is 6. The first-order valence-corrected chi connectivity index (χ1v) is 14.5. The number of carbonyl (C=O) groups is 2. The molecule has 1 saturated heterocycles. The average molecular weight is 536 g/mol. The first-order chi connectivity index (χ1) is 18.9. The quantitative estimate of drug-likeness (QED) is 0.431. The summed E-state index contributed by atoms with van der Waals surface area (Å²) >= 11 is 0. The van der Waals surface area contributed by atoms with E-state index in [-0.39, 0.29) is 6.03 Å². The molecule has 2 heterocycles. The number of allylic oxidation sites excluding steroid dienone is 1. The van der Waals surface area contributed by atoms with Gasteiger partial charge in [0, 0.05) is 43.6 Å². The van der Waals surface area contributed by atoms with E-state index < -0.39 is 12.1 Å². The highest BCUT2D eigenvalue weighted by molar-refractivity contribution is 5.96. The topological polar surface area (TPSA) is 67.9 Å². The lowest BCUT2D eigenvalue weighted by atomic mass is 9.95. The third-order valence-electron chi connectivity index (χ3n) is 7.39. The van der Waals surface area contributed by atoms with Gasteiger partial charge in [0.1, 0.15) is 0 Å². The molecule has 0 aliphatic carbocycles. The molecule has 2 aliphatic rings. The number of piperidine rings is 1. The maximum atomic E-state index is 13.1. The van der Waals surface area contributed by atoms with E-state index in [0.717, 1.165) is 49.3 Å². The van der Waals surface area contributed by atoms with Crippen LogP contribution in [0.3, 0.4) is 0 Å². The summed E-state index contributed by atoms with van der Waals surface area (Å²) < 4.78 is 0. The molecular weight excluding hydrogens is 486 g/mol. The van der Waals surface area contributed by atoms with Crippen LogP contribution < -0.4 is 15.5 Å². The lowest BCUT2D eigenvalue weighted by Crippen LogP contribution is -2.54. The van der Waals surface area contributed by atoms with Crippen molar-refractivity contribution >= 4 is 17.7 Å². The minimum Gasteiger partial charge on any atom is -0.371 e. The van der Waals surface area contributed by atoms with Crippen LogP contribution >= 0.6 is 0 Å². The first-order valence-electron chi connectivity index (χ1n) is 14.5. The number of aryl methyl sites for hydroxylation is 1. The fourth-order valence-corrected chi connectivity index (χ4v) is 5.15. The monoisotopic (exact) mass is 535 g/mol. The Kier molecular flexibility index (Phi) is 13.0. The van der Waals surface area contributed by atoms with E-state index in [1.807, 2.05) is 71.9 Å². The van der Waals surface area contributed by atoms with E-state index in [2.05, 4.69) is 58.7 Å². The molecule has 1 atom stereocenters.